The van der Waals surface area contributed by atoms with E-state index in [-0.39, 0.29) is 28.6 Å². The number of ketones is 1. The maximum Gasteiger partial charge on any atom is 0.294 e. The molecule has 0 bridgehead atoms. The molecule has 0 saturated heterocycles. The van der Waals surface area contributed by atoms with Crippen LogP contribution in [0.1, 0.15) is 34.1 Å². The van der Waals surface area contributed by atoms with Crippen LogP contribution in [0.5, 0.6) is 0 Å². The molecule has 1 amide bonds. The lowest BCUT2D eigenvalue weighted by molar-refractivity contribution is -0.384. The largest absolute Gasteiger partial charge is 0.326 e. The van der Waals surface area contributed by atoms with E-state index in [9.17, 15) is 19.7 Å². The minimum atomic E-state index is -0.556. The molecule has 9 heteroatoms. The Morgan fingerprint density at radius 3 is 2.53 bits per heavy atom. The molecule has 0 saturated carbocycles. The fourth-order valence-electron chi connectivity index (χ4n) is 3.63. The molecule has 2 aromatic carbocycles. The number of carbonyl (C=O) groups excluding carboxylic acids is 2. The highest BCUT2D eigenvalue weighted by molar-refractivity contribution is 6.10. The van der Waals surface area contributed by atoms with E-state index in [0.29, 0.717) is 11.4 Å². The minimum absolute atomic E-state index is 0.157. The molecule has 0 aliphatic heterocycles. The van der Waals surface area contributed by atoms with E-state index in [1.54, 1.807) is 34.9 Å². The summed E-state index contributed by atoms with van der Waals surface area (Å²) in [6, 6.07) is 18.7. The number of nitrogens with one attached hydrogen (secondary N) is 2. The van der Waals surface area contributed by atoms with Crippen molar-refractivity contribution in [2.75, 3.05) is 10.7 Å². The third-order valence-corrected chi connectivity index (χ3v) is 5.17. The second-order valence-electron chi connectivity index (χ2n) is 7.66. The van der Waals surface area contributed by atoms with Crippen LogP contribution in [0.25, 0.3) is 5.52 Å². The molecule has 4 aromatic rings. The van der Waals surface area contributed by atoms with E-state index in [1.807, 2.05) is 31.2 Å². The molecule has 34 heavy (non-hydrogen) atoms. The highest BCUT2D eigenvalue weighted by Gasteiger charge is 2.21. The first-order chi connectivity index (χ1) is 16.3. The Morgan fingerprint density at radius 1 is 1.06 bits per heavy atom. The Hall–Kier alpha value is -4.79. The zero-order chi connectivity index (χ0) is 24.2. The molecule has 2 N–H and O–H groups in total. The molecular weight excluding hydrogens is 434 g/mol. The quantitative estimate of drug-likeness (QED) is 0.180. The zero-order valence-electron chi connectivity index (χ0n) is 18.5. The van der Waals surface area contributed by atoms with Crippen molar-refractivity contribution in [3.8, 4) is 0 Å². The van der Waals surface area contributed by atoms with E-state index < -0.39 is 4.92 Å². The van der Waals surface area contributed by atoms with Gasteiger partial charge in [-0.2, -0.15) is 5.10 Å². The van der Waals surface area contributed by atoms with Crippen LogP contribution >= 0.6 is 0 Å². The number of hydrogen-bond donors (Lipinski definition) is 2. The first-order valence-electron chi connectivity index (χ1n) is 10.4. The van der Waals surface area contributed by atoms with Crippen LogP contribution in [0.2, 0.25) is 0 Å². The summed E-state index contributed by atoms with van der Waals surface area (Å²) in [6.45, 7) is 3.26. The molecule has 0 unspecified atom stereocenters. The summed E-state index contributed by atoms with van der Waals surface area (Å²) in [4.78, 5) is 35.4. The van der Waals surface area contributed by atoms with E-state index in [4.69, 9.17) is 0 Å². The second kappa shape index (κ2) is 9.37. The molecular formula is C25H21N5O4. The monoisotopic (exact) mass is 455 g/mol. The molecule has 0 aliphatic carbocycles. The van der Waals surface area contributed by atoms with Gasteiger partial charge in [-0.05, 0) is 60.5 Å². The standard InChI is InChI=1S/C25H21N5O4/c1-16-13-21-5-3-4-12-29(21)24(16)25(32)19-8-11-22(23(14-19)30(33)34)28-26-15-18-6-9-20(10-7-18)27-17(2)31/h3-15,28H,1-2H3,(H,27,31)/b26-15-. The fraction of sp³-hybridized carbons (Fsp3) is 0.0800. The number of hydrazone groups is 1. The summed E-state index contributed by atoms with van der Waals surface area (Å²) >= 11 is 0. The predicted octanol–water partition coefficient (Wildman–Crippen LogP) is 4.79. The van der Waals surface area contributed by atoms with Crippen molar-refractivity contribution in [1.29, 1.82) is 0 Å². The number of nitro groups is 1. The van der Waals surface area contributed by atoms with Crippen LogP contribution in [0, 0.1) is 17.0 Å². The minimum Gasteiger partial charge on any atom is -0.326 e. The van der Waals surface area contributed by atoms with E-state index in [1.165, 1.54) is 31.3 Å². The van der Waals surface area contributed by atoms with Crippen LogP contribution in [0.3, 0.4) is 0 Å². The van der Waals surface area contributed by atoms with Crippen molar-refractivity contribution in [3.63, 3.8) is 0 Å². The lowest BCUT2D eigenvalue weighted by Crippen LogP contribution is -2.08. The van der Waals surface area contributed by atoms with Crippen molar-refractivity contribution in [2.24, 2.45) is 5.10 Å². The maximum atomic E-state index is 13.2. The number of benzene rings is 2. The molecule has 0 spiro atoms. The summed E-state index contributed by atoms with van der Waals surface area (Å²) in [5, 5.41) is 18.4. The molecule has 9 nitrogen and oxygen atoms in total. The number of fused-ring (bicyclic) bond motifs is 1. The van der Waals surface area contributed by atoms with Gasteiger partial charge in [0.2, 0.25) is 11.7 Å². The molecule has 0 radical (unpaired) electrons. The number of pyridine rings is 1. The number of anilines is 2. The normalized spacial score (nSPS) is 11.0. The third-order valence-electron chi connectivity index (χ3n) is 5.17. The number of aromatic nitrogens is 1. The summed E-state index contributed by atoms with van der Waals surface area (Å²) in [5.41, 5.74) is 6.28. The van der Waals surface area contributed by atoms with Gasteiger partial charge in [-0.15, -0.1) is 0 Å². The predicted molar refractivity (Wildman–Crippen MR) is 131 cm³/mol. The molecule has 0 aliphatic rings. The van der Waals surface area contributed by atoms with Gasteiger partial charge in [-0.3, -0.25) is 25.1 Å². The Kier molecular flexibility index (Phi) is 6.18. The van der Waals surface area contributed by atoms with Gasteiger partial charge >= 0.3 is 0 Å². The average molecular weight is 455 g/mol. The van der Waals surface area contributed by atoms with Gasteiger partial charge in [0.15, 0.2) is 0 Å². The molecule has 2 heterocycles. The highest BCUT2D eigenvalue weighted by Crippen LogP contribution is 2.28. The lowest BCUT2D eigenvalue weighted by atomic mass is 10.0. The van der Waals surface area contributed by atoms with Gasteiger partial charge in [0, 0.05) is 36.0 Å². The van der Waals surface area contributed by atoms with Crippen molar-refractivity contribution >= 4 is 40.5 Å². The van der Waals surface area contributed by atoms with Gasteiger partial charge in [-0.1, -0.05) is 18.2 Å². The highest BCUT2D eigenvalue weighted by atomic mass is 16.6. The van der Waals surface area contributed by atoms with E-state index in [0.717, 1.165) is 16.6 Å². The smallest absolute Gasteiger partial charge is 0.294 e. The summed E-state index contributed by atoms with van der Waals surface area (Å²) in [7, 11) is 0. The van der Waals surface area contributed by atoms with E-state index in [2.05, 4.69) is 15.8 Å². The first kappa shape index (κ1) is 22.4. The van der Waals surface area contributed by atoms with Crippen LogP contribution in [-0.2, 0) is 4.79 Å². The molecule has 2 aromatic heterocycles. The topological polar surface area (TPSA) is 118 Å². The van der Waals surface area contributed by atoms with Crippen LogP contribution in [-0.4, -0.2) is 27.2 Å². The van der Waals surface area contributed by atoms with Gasteiger partial charge < -0.3 is 9.72 Å². The summed E-state index contributed by atoms with van der Waals surface area (Å²) in [5.74, 6) is -0.473. The van der Waals surface area contributed by atoms with Crippen LogP contribution in [0.15, 0.2) is 78.0 Å². The zero-order valence-corrected chi connectivity index (χ0v) is 18.5. The third kappa shape index (κ3) is 4.68. The number of aryl methyl sites for hydroxylation is 1. The number of amides is 1. The van der Waals surface area contributed by atoms with Crippen molar-refractivity contribution in [1.82, 2.24) is 4.40 Å². The number of carbonyl (C=O) groups is 2. The molecule has 170 valence electrons. The number of rotatable bonds is 7. The van der Waals surface area contributed by atoms with Gasteiger partial charge in [0.1, 0.15) is 5.69 Å². The van der Waals surface area contributed by atoms with Crippen molar-refractivity contribution in [3.05, 3.63) is 105 Å². The van der Waals surface area contributed by atoms with Crippen LogP contribution in [0.4, 0.5) is 17.1 Å². The van der Waals surface area contributed by atoms with Gasteiger partial charge in [0.25, 0.3) is 5.69 Å². The first-order valence-corrected chi connectivity index (χ1v) is 10.4. The van der Waals surface area contributed by atoms with Crippen molar-refractivity contribution in [2.45, 2.75) is 13.8 Å². The van der Waals surface area contributed by atoms with Crippen molar-refractivity contribution < 1.29 is 14.5 Å². The van der Waals surface area contributed by atoms with E-state index >= 15 is 0 Å². The summed E-state index contributed by atoms with van der Waals surface area (Å²) in [6.07, 6.45) is 3.29. The average Bonchev–Trinajstić information content (AvgIpc) is 3.15. The second-order valence-corrected chi connectivity index (χ2v) is 7.66. The Labute approximate surface area is 194 Å². The number of nitro benzene ring substituents is 1. The Balaban J connectivity index is 1.56. The number of nitrogens with zero attached hydrogens (tertiary/aromatic N) is 3. The Bertz CT molecular complexity index is 1440. The molecule has 0 fully saturated rings. The Morgan fingerprint density at radius 2 is 1.82 bits per heavy atom. The molecule has 4 rings (SSSR count). The number of hydrogen-bond acceptors (Lipinski definition) is 6. The molecule has 0 atom stereocenters. The lowest BCUT2D eigenvalue weighted by Gasteiger charge is -2.07. The fourth-order valence-corrected chi connectivity index (χ4v) is 3.63. The maximum absolute atomic E-state index is 13.2. The van der Waals surface area contributed by atoms with Crippen LogP contribution < -0.4 is 10.7 Å². The van der Waals surface area contributed by atoms with Gasteiger partial charge in [0.05, 0.1) is 16.8 Å². The van der Waals surface area contributed by atoms with Gasteiger partial charge in [-0.25, -0.2) is 0 Å². The SMILES string of the molecule is CC(=O)Nc1ccc(/C=N\Nc2ccc(C(=O)c3c(C)cc4ccccn34)cc2[N+](=O)[O-])cc1. The summed E-state index contributed by atoms with van der Waals surface area (Å²) < 4.78 is 1.77.